The van der Waals surface area contributed by atoms with Gasteiger partial charge >= 0.3 is 5.97 Å². The first-order valence-corrected chi connectivity index (χ1v) is 4.20. The van der Waals surface area contributed by atoms with Gasteiger partial charge in [-0.25, -0.2) is 4.79 Å². The molecule has 1 fully saturated rings. The minimum atomic E-state index is -0.914. The molecule has 0 aromatic heterocycles. The Kier molecular flexibility index (Phi) is 4.04. The molecule has 4 nitrogen and oxygen atoms in total. The van der Waals surface area contributed by atoms with E-state index >= 15 is 0 Å². The highest BCUT2D eigenvalue weighted by atomic mass is 16.5. The molecule has 12 heavy (non-hydrogen) atoms. The average Bonchev–Trinajstić information content (AvgIpc) is 2.49. The van der Waals surface area contributed by atoms with Gasteiger partial charge < -0.3 is 14.6 Å². The van der Waals surface area contributed by atoms with Crippen LogP contribution in [0.3, 0.4) is 0 Å². The molecule has 1 atom stereocenters. The van der Waals surface area contributed by atoms with Crippen molar-refractivity contribution in [2.24, 2.45) is 0 Å². The topological polar surface area (TPSA) is 55.8 Å². The van der Waals surface area contributed by atoms with Gasteiger partial charge in [-0.2, -0.15) is 0 Å². The van der Waals surface area contributed by atoms with Gasteiger partial charge in [0.15, 0.2) is 0 Å². The Bertz CT molecular complexity index is 140. The highest BCUT2D eigenvalue weighted by Gasteiger charge is 2.14. The summed E-state index contributed by atoms with van der Waals surface area (Å²) in [6.07, 6.45) is 3.30. The van der Waals surface area contributed by atoms with Crippen molar-refractivity contribution in [2.75, 3.05) is 19.8 Å². The maximum atomic E-state index is 10.0. The lowest BCUT2D eigenvalue weighted by molar-refractivity contribution is -0.142. The molecule has 0 saturated carbocycles. The zero-order valence-electron chi connectivity index (χ0n) is 6.99. The molecule has 0 spiro atoms. The fraction of sp³-hybridized carbons (Fsp3) is 0.875. The second-order valence-corrected chi connectivity index (χ2v) is 2.87. The lowest BCUT2D eigenvalue weighted by Crippen LogP contribution is -2.13. The summed E-state index contributed by atoms with van der Waals surface area (Å²) in [5.41, 5.74) is 0. The van der Waals surface area contributed by atoms with E-state index in [0.29, 0.717) is 12.7 Å². The maximum absolute atomic E-state index is 10.0. The number of aliphatic carboxylic acids is 1. The molecule has 1 heterocycles. The summed E-state index contributed by atoms with van der Waals surface area (Å²) >= 11 is 0. The first-order valence-electron chi connectivity index (χ1n) is 4.20. The molecule has 0 amide bonds. The second kappa shape index (κ2) is 5.11. The van der Waals surface area contributed by atoms with E-state index in [4.69, 9.17) is 14.6 Å². The first-order chi connectivity index (χ1) is 5.79. The van der Waals surface area contributed by atoms with Crippen molar-refractivity contribution in [1.29, 1.82) is 0 Å². The Hall–Kier alpha value is -0.610. The Labute approximate surface area is 71.5 Å². The normalized spacial score (nSPS) is 22.8. The smallest absolute Gasteiger partial charge is 0.329 e. The third-order valence-electron chi connectivity index (χ3n) is 1.83. The zero-order chi connectivity index (χ0) is 8.81. The number of hydrogen-bond acceptors (Lipinski definition) is 3. The van der Waals surface area contributed by atoms with Crippen molar-refractivity contribution < 1.29 is 19.4 Å². The van der Waals surface area contributed by atoms with Crippen molar-refractivity contribution in [2.45, 2.75) is 25.4 Å². The van der Waals surface area contributed by atoms with Crippen LogP contribution in [-0.2, 0) is 14.3 Å². The van der Waals surface area contributed by atoms with E-state index in [-0.39, 0.29) is 6.61 Å². The van der Waals surface area contributed by atoms with Gasteiger partial charge in [-0.05, 0) is 19.3 Å². The minimum absolute atomic E-state index is 0.202. The Morgan fingerprint density at radius 3 is 3.08 bits per heavy atom. The maximum Gasteiger partial charge on any atom is 0.329 e. The van der Waals surface area contributed by atoms with Gasteiger partial charge in [0.05, 0.1) is 6.10 Å². The van der Waals surface area contributed by atoms with Crippen molar-refractivity contribution >= 4 is 5.97 Å². The minimum Gasteiger partial charge on any atom is -0.480 e. The zero-order valence-corrected chi connectivity index (χ0v) is 6.99. The van der Waals surface area contributed by atoms with Gasteiger partial charge in [-0.1, -0.05) is 0 Å². The fourth-order valence-corrected chi connectivity index (χ4v) is 1.25. The van der Waals surface area contributed by atoms with E-state index in [0.717, 1.165) is 25.9 Å². The van der Waals surface area contributed by atoms with Gasteiger partial charge in [-0.3, -0.25) is 0 Å². The number of carboxylic acids is 1. The third kappa shape index (κ3) is 3.69. The van der Waals surface area contributed by atoms with E-state index in [1.54, 1.807) is 0 Å². The summed E-state index contributed by atoms with van der Waals surface area (Å²) in [5.74, 6) is -0.914. The molecular formula is C8H14O4. The Morgan fingerprint density at radius 1 is 1.67 bits per heavy atom. The Morgan fingerprint density at radius 2 is 2.50 bits per heavy atom. The highest BCUT2D eigenvalue weighted by Crippen LogP contribution is 2.14. The van der Waals surface area contributed by atoms with E-state index in [1.165, 1.54) is 0 Å². The van der Waals surface area contributed by atoms with Crippen LogP contribution >= 0.6 is 0 Å². The summed E-state index contributed by atoms with van der Waals surface area (Å²) in [7, 11) is 0. The number of hydrogen-bond donors (Lipinski definition) is 1. The van der Waals surface area contributed by atoms with E-state index in [2.05, 4.69) is 0 Å². The molecule has 1 aliphatic rings. The van der Waals surface area contributed by atoms with Crippen LogP contribution in [0.25, 0.3) is 0 Å². The van der Waals surface area contributed by atoms with Crippen LogP contribution in [0.15, 0.2) is 0 Å². The van der Waals surface area contributed by atoms with Crippen LogP contribution in [0.1, 0.15) is 19.3 Å². The van der Waals surface area contributed by atoms with Crippen LogP contribution in [0.2, 0.25) is 0 Å². The molecule has 4 heteroatoms. The average molecular weight is 174 g/mol. The molecule has 0 radical (unpaired) electrons. The third-order valence-corrected chi connectivity index (χ3v) is 1.83. The number of ether oxygens (including phenoxy) is 2. The molecule has 0 bridgehead atoms. The molecule has 1 N–H and O–H groups in total. The van der Waals surface area contributed by atoms with Crippen molar-refractivity contribution in [3.63, 3.8) is 0 Å². The molecule has 1 unspecified atom stereocenters. The second-order valence-electron chi connectivity index (χ2n) is 2.87. The van der Waals surface area contributed by atoms with E-state index in [9.17, 15) is 4.79 Å². The molecule has 0 aromatic rings. The van der Waals surface area contributed by atoms with Gasteiger partial charge in [0.2, 0.25) is 0 Å². The first kappa shape index (κ1) is 9.48. The van der Waals surface area contributed by atoms with Crippen LogP contribution in [-0.4, -0.2) is 37.0 Å². The molecule has 0 aliphatic carbocycles. The van der Waals surface area contributed by atoms with Gasteiger partial charge in [-0.15, -0.1) is 0 Å². The van der Waals surface area contributed by atoms with Crippen LogP contribution in [0.5, 0.6) is 0 Å². The van der Waals surface area contributed by atoms with Crippen LogP contribution in [0.4, 0.5) is 0 Å². The van der Waals surface area contributed by atoms with Crippen molar-refractivity contribution in [1.82, 2.24) is 0 Å². The fourth-order valence-electron chi connectivity index (χ4n) is 1.25. The predicted octanol–water partition coefficient (Wildman–Crippen LogP) is 0.657. The lowest BCUT2D eigenvalue weighted by Gasteiger charge is -2.07. The van der Waals surface area contributed by atoms with Crippen molar-refractivity contribution in [3.8, 4) is 0 Å². The standard InChI is InChI=1S/C8H14O4/c9-8(10)6-11-5-3-7-2-1-4-12-7/h7H,1-6H2,(H,9,10). The van der Waals surface area contributed by atoms with E-state index < -0.39 is 5.97 Å². The quantitative estimate of drug-likeness (QED) is 0.622. The monoisotopic (exact) mass is 174 g/mol. The highest BCUT2D eigenvalue weighted by molar-refractivity contribution is 5.67. The lowest BCUT2D eigenvalue weighted by atomic mass is 10.2. The van der Waals surface area contributed by atoms with Gasteiger partial charge in [0, 0.05) is 13.2 Å². The summed E-state index contributed by atoms with van der Waals surface area (Å²) in [6.45, 7) is 1.12. The van der Waals surface area contributed by atoms with Crippen LogP contribution < -0.4 is 0 Å². The molecule has 0 aromatic carbocycles. The summed E-state index contributed by atoms with van der Waals surface area (Å²) in [6, 6.07) is 0. The van der Waals surface area contributed by atoms with Gasteiger partial charge in [0.25, 0.3) is 0 Å². The van der Waals surface area contributed by atoms with Gasteiger partial charge in [0.1, 0.15) is 6.61 Å². The number of rotatable bonds is 5. The molecule has 1 rings (SSSR count). The van der Waals surface area contributed by atoms with E-state index in [1.807, 2.05) is 0 Å². The largest absolute Gasteiger partial charge is 0.480 e. The summed E-state index contributed by atoms with van der Waals surface area (Å²) < 4.78 is 10.2. The van der Waals surface area contributed by atoms with Crippen LogP contribution in [0, 0.1) is 0 Å². The summed E-state index contributed by atoms with van der Waals surface area (Å²) in [4.78, 5) is 10.0. The predicted molar refractivity (Wildman–Crippen MR) is 42.0 cm³/mol. The molecule has 70 valence electrons. The molecule has 1 aliphatic heterocycles. The Balaban J connectivity index is 1.91. The van der Waals surface area contributed by atoms with Crippen molar-refractivity contribution in [3.05, 3.63) is 0 Å². The number of carbonyl (C=O) groups is 1. The molecule has 1 saturated heterocycles. The summed E-state index contributed by atoms with van der Waals surface area (Å²) in [5, 5.41) is 8.25. The number of carboxylic acid groups (broad SMARTS) is 1. The SMILES string of the molecule is O=C(O)COCCC1CCCO1. The molecular weight excluding hydrogens is 160 g/mol.